The van der Waals surface area contributed by atoms with Crippen LogP contribution in [0.15, 0.2) is 64.2 Å². The number of carbonyl (C=O) groups is 1. The first-order valence-corrected chi connectivity index (χ1v) is 6.62. The van der Waals surface area contributed by atoms with Crippen molar-refractivity contribution in [1.82, 2.24) is 9.55 Å². The van der Waals surface area contributed by atoms with Crippen LogP contribution in [-0.2, 0) is 11.3 Å². The van der Waals surface area contributed by atoms with Crippen molar-refractivity contribution in [3.63, 3.8) is 0 Å². The van der Waals surface area contributed by atoms with Crippen LogP contribution < -0.4 is 11.2 Å². The zero-order valence-corrected chi connectivity index (χ0v) is 11.5. The van der Waals surface area contributed by atoms with Crippen molar-refractivity contribution in [1.29, 1.82) is 0 Å². The van der Waals surface area contributed by atoms with Gasteiger partial charge in [-0.2, -0.15) is 4.57 Å². The number of aromatic amines is 1. The van der Waals surface area contributed by atoms with Crippen molar-refractivity contribution in [3.05, 3.63) is 81.0 Å². The van der Waals surface area contributed by atoms with Gasteiger partial charge in [0.05, 0.1) is 10.9 Å². The molecule has 0 amide bonds. The van der Waals surface area contributed by atoms with E-state index in [-0.39, 0.29) is 12.0 Å². The smallest absolute Gasteiger partial charge is 0.425 e. The molecular formula is C16H12N2O4. The van der Waals surface area contributed by atoms with E-state index < -0.39 is 17.3 Å². The van der Waals surface area contributed by atoms with E-state index in [0.717, 1.165) is 5.56 Å². The van der Waals surface area contributed by atoms with Gasteiger partial charge in [0.25, 0.3) is 5.56 Å². The Morgan fingerprint density at radius 2 is 1.68 bits per heavy atom. The van der Waals surface area contributed by atoms with E-state index in [0.29, 0.717) is 10.1 Å². The van der Waals surface area contributed by atoms with Gasteiger partial charge in [0, 0.05) is 0 Å². The number of fused-ring (bicyclic) bond motifs is 1. The summed E-state index contributed by atoms with van der Waals surface area (Å²) in [5.74, 6) is 0. The summed E-state index contributed by atoms with van der Waals surface area (Å²) < 4.78 is 5.49. The Labute approximate surface area is 124 Å². The van der Waals surface area contributed by atoms with Crippen molar-refractivity contribution < 1.29 is 9.53 Å². The van der Waals surface area contributed by atoms with Gasteiger partial charge >= 0.3 is 11.8 Å². The average Bonchev–Trinajstić information content (AvgIpc) is 2.54. The number of H-pyrrole nitrogens is 1. The minimum atomic E-state index is -0.999. The second-order valence-electron chi connectivity index (χ2n) is 4.66. The summed E-state index contributed by atoms with van der Waals surface area (Å²) in [4.78, 5) is 38.7. The topological polar surface area (TPSA) is 81.2 Å². The summed E-state index contributed by atoms with van der Waals surface area (Å²) >= 11 is 0. The highest BCUT2D eigenvalue weighted by atomic mass is 16.6. The molecule has 0 radical (unpaired) electrons. The number of rotatable bonds is 2. The van der Waals surface area contributed by atoms with E-state index in [4.69, 9.17) is 4.74 Å². The molecule has 22 heavy (non-hydrogen) atoms. The Bertz CT molecular complexity index is 942. The fourth-order valence-corrected chi connectivity index (χ4v) is 2.11. The van der Waals surface area contributed by atoms with Gasteiger partial charge in [0.1, 0.15) is 6.61 Å². The molecule has 6 nitrogen and oxygen atoms in total. The number of nitrogens with zero attached hydrogens (tertiary/aromatic N) is 1. The van der Waals surface area contributed by atoms with Gasteiger partial charge in [-0.15, -0.1) is 0 Å². The molecule has 0 fully saturated rings. The first-order valence-electron chi connectivity index (χ1n) is 6.62. The van der Waals surface area contributed by atoms with Crippen molar-refractivity contribution in [3.8, 4) is 0 Å². The van der Waals surface area contributed by atoms with Crippen molar-refractivity contribution in [2.45, 2.75) is 6.61 Å². The number of para-hydroxylation sites is 1. The summed E-state index contributed by atoms with van der Waals surface area (Å²) in [6, 6.07) is 15.5. The highest BCUT2D eigenvalue weighted by Crippen LogP contribution is 2.04. The van der Waals surface area contributed by atoms with Gasteiger partial charge in [-0.3, -0.25) is 4.79 Å². The minimum absolute atomic E-state index is 0.0155. The molecule has 1 heterocycles. The maximum Gasteiger partial charge on any atom is 0.425 e. The normalized spacial score (nSPS) is 10.5. The van der Waals surface area contributed by atoms with Crippen LogP contribution in [-0.4, -0.2) is 15.6 Å². The van der Waals surface area contributed by atoms with Crippen LogP contribution >= 0.6 is 0 Å². The fraction of sp³-hybridized carbons (Fsp3) is 0.0625. The summed E-state index contributed by atoms with van der Waals surface area (Å²) in [5.41, 5.74) is -0.370. The molecule has 1 aromatic heterocycles. The number of nitrogens with one attached hydrogen (secondary N) is 1. The molecule has 110 valence electrons. The molecule has 0 saturated carbocycles. The fourth-order valence-electron chi connectivity index (χ4n) is 2.11. The van der Waals surface area contributed by atoms with Crippen LogP contribution in [0.3, 0.4) is 0 Å². The summed E-state index contributed by atoms with van der Waals surface area (Å²) in [5, 5.41) is 0.249. The lowest BCUT2D eigenvalue weighted by Gasteiger charge is -2.07. The maximum atomic E-state index is 12.2. The molecule has 0 atom stereocenters. The van der Waals surface area contributed by atoms with Crippen LogP contribution in [0.25, 0.3) is 10.9 Å². The van der Waals surface area contributed by atoms with Crippen LogP contribution in [0.2, 0.25) is 0 Å². The Kier molecular flexibility index (Phi) is 3.57. The predicted molar refractivity (Wildman–Crippen MR) is 80.9 cm³/mol. The number of benzene rings is 2. The van der Waals surface area contributed by atoms with Crippen molar-refractivity contribution >= 4 is 17.0 Å². The SMILES string of the molecule is O=C(OCc1ccccc1)n1c(=O)[nH]c2ccccc2c1=O. The monoisotopic (exact) mass is 296 g/mol. The molecular weight excluding hydrogens is 284 g/mol. The van der Waals surface area contributed by atoms with Crippen LogP contribution in [0.1, 0.15) is 5.56 Å². The molecule has 0 aliphatic heterocycles. The number of ether oxygens (including phenoxy) is 1. The average molecular weight is 296 g/mol. The van der Waals surface area contributed by atoms with E-state index in [2.05, 4.69) is 4.98 Å². The van der Waals surface area contributed by atoms with Gasteiger partial charge in [-0.05, 0) is 17.7 Å². The van der Waals surface area contributed by atoms with Crippen molar-refractivity contribution in [2.75, 3.05) is 0 Å². The number of hydrogen-bond donors (Lipinski definition) is 1. The van der Waals surface area contributed by atoms with Crippen LogP contribution in [0.5, 0.6) is 0 Å². The lowest BCUT2D eigenvalue weighted by molar-refractivity contribution is 0.139. The highest BCUT2D eigenvalue weighted by molar-refractivity contribution is 5.80. The van der Waals surface area contributed by atoms with Gasteiger partial charge in [0.15, 0.2) is 0 Å². The zero-order valence-electron chi connectivity index (χ0n) is 11.5. The quantitative estimate of drug-likeness (QED) is 0.782. The van der Waals surface area contributed by atoms with Crippen LogP contribution in [0, 0.1) is 0 Å². The molecule has 0 aliphatic rings. The molecule has 3 aromatic rings. The van der Waals surface area contributed by atoms with E-state index in [1.807, 2.05) is 6.07 Å². The first kappa shape index (κ1) is 13.8. The third-order valence-electron chi connectivity index (χ3n) is 3.19. The lowest BCUT2D eigenvalue weighted by atomic mass is 10.2. The molecule has 0 unspecified atom stereocenters. The number of hydrogen-bond acceptors (Lipinski definition) is 4. The first-order chi connectivity index (χ1) is 10.7. The standard InChI is InChI=1S/C16H12N2O4/c19-14-12-8-4-5-9-13(12)17-15(20)18(14)16(21)22-10-11-6-2-1-3-7-11/h1-9H,10H2,(H,17,20). The molecule has 2 aromatic carbocycles. The van der Waals surface area contributed by atoms with E-state index in [9.17, 15) is 14.4 Å². The molecule has 1 N–H and O–H groups in total. The highest BCUT2D eigenvalue weighted by Gasteiger charge is 2.15. The third kappa shape index (κ3) is 2.54. The van der Waals surface area contributed by atoms with E-state index in [1.54, 1.807) is 42.5 Å². The summed E-state index contributed by atoms with van der Waals surface area (Å²) in [6.45, 7) is -0.0155. The van der Waals surface area contributed by atoms with E-state index >= 15 is 0 Å². The van der Waals surface area contributed by atoms with Crippen molar-refractivity contribution in [2.24, 2.45) is 0 Å². The zero-order chi connectivity index (χ0) is 15.5. The largest absolute Gasteiger partial charge is 0.444 e. The van der Waals surface area contributed by atoms with Gasteiger partial charge in [0.2, 0.25) is 0 Å². The molecule has 0 aliphatic carbocycles. The Balaban J connectivity index is 1.94. The number of carbonyl (C=O) groups excluding carboxylic acids is 1. The Morgan fingerprint density at radius 3 is 2.45 bits per heavy atom. The maximum absolute atomic E-state index is 12.2. The lowest BCUT2D eigenvalue weighted by Crippen LogP contribution is -2.40. The second-order valence-corrected chi connectivity index (χ2v) is 4.66. The third-order valence-corrected chi connectivity index (χ3v) is 3.19. The van der Waals surface area contributed by atoms with Crippen LogP contribution in [0.4, 0.5) is 4.79 Å². The Morgan fingerprint density at radius 1 is 1.00 bits per heavy atom. The summed E-state index contributed by atoms with van der Waals surface area (Å²) in [6.07, 6.45) is -0.999. The molecule has 0 spiro atoms. The summed E-state index contributed by atoms with van der Waals surface area (Å²) in [7, 11) is 0. The minimum Gasteiger partial charge on any atom is -0.444 e. The molecule has 0 saturated heterocycles. The molecule has 0 bridgehead atoms. The van der Waals surface area contributed by atoms with Gasteiger partial charge in [-0.1, -0.05) is 42.5 Å². The van der Waals surface area contributed by atoms with Gasteiger partial charge in [-0.25, -0.2) is 9.59 Å². The molecule has 6 heteroatoms. The molecule has 3 rings (SSSR count). The van der Waals surface area contributed by atoms with E-state index in [1.165, 1.54) is 6.07 Å². The Hall–Kier alpha value is -3.15. The predicted octanol–water partition coefficient (Wildman–Crippen LogP) is 1.87. The second kappa shape index (κ2) is 5.69. The number of aromatic nitrogens is 2. The van der Waals surface area contributed by atoms with Gasteiger partial charge < -0.3 is 9.72 Å².